The molecule has 4 nitrogen and oxygen atoms in total. The van der Waals surface area contributed by atoms with Gasteiger partial charge in [-0.25, -0.2) is 0 Å². The second-order valence-corrected chi connectivity index (χ2v) is 7.84. The van der Waals surface area contributed by atoms with Crippen molar-refractivity contribution >= 4 is 0 Å². The summed E-state index contributed by atoms with van der Waals surface area (Å²) in [7, 11) is 0. The maximum Gasteiger partial charge on any atom is 0.0697 e. The summed E-state index contributed by atoms with van der Waals surface area (Å²) in [5.41, 5.74) is 2.62. The molecule has 0 spiro atoms. The highest BCUT2D eigenvalue weighted by molar-refractivity contribution is 5.10. The highest BCUT2D eigenvalue weighted by Crippen LogP contribution is 2.23. The molecule has 0 aliphatic heterocycles. The van der Waals surface area contributed by atoms with Crippen molar-refractivity contribution in [2.24, 2.45) is 23.7 Å². The van der Waals surface area contributed by atoms with Gasteiger partial charge in [-0.3, -0.25) is 0 Å². The summed E-state index contributed by atoms with van der Waals surface area (Å²) < 4.78 is 0. The molecule has 4 heteroatoms. The van der Waals surface area contributed by atoms with E-state index >= 15 is 0 Å². The lowest BCUT2D eigenvalue weighted by atomic mass is 9.89. The molecule has 164 valence electrons. The molecule has 0 bridgehead atoms. The number of allylic oxidation sites excluding steroid dienone is 4. The van der Waals surface area contributed by atoms with Gasteiger partial charge in [-0.1, -0.05) is 64.3 Å². The number of hydrogen-bond acceptors (Lipinski definition) is 4. The van der Waals surface area contributed by atoms with Crippen molar-refractivity contribution in [3.05, 3.63) is 23.3 Å². The lowest BCUT2D eigenvalue weighted by molar-refractivity contribution is 0.460. The first kappa shape index (κ1) is 29.6. The highest BCUT2D eigenvalue weighted by atomic mass is 14.3. The minimum Gasteiger partial charge on any atom is -0.198 e. The fourth-order valence-corrected chi connectivity index (χ4v) is 3.00. The maximum atomic E-state index is 8.92. The van der Waals surface area contributed by atoms with Gasteiger partial charge in [0, 0.05) is 12.3 Å². The van der Waals surface area contributed by atoms with Crippen molar-refractivity contribution in [1.82, 2.24) is 0 Å². The molecule has 0 N–H and O–H groups in total. The van der Waals surface area contributed by atoms with Gasteiger partial charge in [0.1, 0.15) is 0 Å². The van der Waals surface area contributed by atoms with Gasteiger partial charge < -0.3 is 0 Å². The first-order valence-corrected chi connectivity index (χ1v) is 11.3. The number of hydrogen-bond donors (Lipinski definition) is 0. The average Bonchev–Trinajstić information content (AvgIpc) is 2.78. The molecule has 0 aromatic heterocycles. The molecule has 0 aromatic carbocycles. The fourth-order valence-electron chi connectivity index (χ4n) is 3.00. The number of nitriles is 4. The lowest BCUT2D eigenvalue weighted by Crippen LogP contribution is -2.06. The van der Waals surface area contributed by atoms with Gasteiger partial charge in [0.05, 0.1) is 36.6 Å². The van der Waals surface area contributed by atoms with Crippen molar-refractivity contribution in [2.75, 3.05) is 0 Å². The van der Waals surface area contributed by atoms with Crippen LogP contribution in [0.2, 0.25) is 0 Å². The van der Waals surface area contributed by atoms with E-state index in [1.807, 2.05) is 19.9 Å². The van der Waals surface area contributed by atoms with Crippen LogP contribution in [0, 0.1) is 69.0 Å². The molecule has 0 fully saturated rings. The van der Waals surface area contributed by atoms with Crippen LogP contribution in [-0.4, -0.2) is 0 Å². The lowest BCUT2D eigenvalue weighted by Gasteiger charge is -2.14. The molecule has 0 amide bonds. The highest BCUT2D eigenvalue weighted by Gasteiger charge is 2.12. The molecule has 4 atom stereocenters. The molecule has 0 radical (unpaired) electrons. The van der Waals surface area contributed by atoms with Gasteiger partial charge in [-0.15, -0.1) is 0 Å². The van der Waals surface area contributed by atoms with E-state index in [1.54, 1.807) is 0 Å². The Hall–Kier alpha value is -2.56. The second-order valence-electron chi connectivity index (χ2n) is 7.84. The van der Waals surface area contributed by atoms with E-state index in [-0.39, 0.29) is 11.8 Å². The Morgan fingerprint density at radius 1 is 0.800 bits per heavy atom. The van der Waals surface area contributed by atoms with E-state index in [1.165, 1.54) is 11.1 Å². The average molecular weight is 409 g/mol. The van der Waals surface area contributed by atoms with Crippen molar-refractivity contribution in [2.45, 2.75) is 92.9 Å². The summed E-state index contributed by atoms with van der Waals surface area (Å²) in [6.45, 7) is 12.4. The first-order valence-electron chi connectivity index (χ1n) is 11.3. The normalized spacial score (nSPS) is 15.1. The zero-order valence-electron chi connectivity index (χ0n) is 19.9. The van der Waals surface area contributed by atoms with Crippen LogP contribution >= 0.6 is 0 Å². The van der Waals surface area contributed by atoms with Crippen LogP contribution in [0.25, 0.3) is 0 Å². The molecule has 0 saturated heterocycles. The maximum absolute atomic E-state index is 8.92. The molecular formula is C26H40N4. The van der Waals surface area contributed by atoms with Crippen LogP contribution in [0.4, 0.5) is 0 Å². The summed E-state index contributed by atoms with van der Waals surface area (Å²) >= 11 is 0. The van der Waals surface area contributed by atoms with E-state index in [4.69, 9.17) is 21.0 Å². The minimum atomic E-state index is 0.0366. The Kier molecular flexibility index (Phi) is 19.5. The van der Waals surface area contributed by atoms with Crippen LogP contribution < -0.4 is 0 Å². The standard InChI is InChI=1S/C14H22N2.C12H18N2/c1-4-12(7-8-15)9-13(5-2)10-14(6-3)11-16;1-4-12(6-5-7-13)8-10(2)11(3)9-14/h10,12,14H,4-7,9H2,1-3H3;6,10-11H,4-5,8H2,1-3H3. The van der Waals surface area contributed by atoms with Gasteiger partial charge in [0.15, 0.2) is 0 Å². The van der Waals surface area contributed by atoms with Crippen molar-refractivity contribution < 1.29 is 0 Å². The predicted octanol–water partition coefficient (Wildman–Crippen LogP) is 7.62. The molecule has 0 saturated carbocycles. The third-order valence-corrected chi connectivity index (χ3v) is 5.58. The summed E-state index contributed by atoms with van der Waals surface area (Å²) in [6, 6.07) is 8.90. The summed E-state index contributed by atoms with van der Waals surface area (Å²) in [5.74, 6) is 0.957. The molecule has 0 rings (SSSR count). The smallest absolute Gasteiger partial charge is 0.0697 e. The minimum absolute atomic E-state index is 0.0366. The summed E-state index contributed by atoms with van der Waals surface area (Å²) in [4.78, 5) is 0. The monoisotopic (exact) mass is 408 g/mol. The molecule has 0 aliphatic carbocycles. The molecule has 0 aromatic rings. The quantitative estimate of drug-likeness (QED) is 0.310. The number of rotatable bonds is 12. The third-order valence-electron chi connectivity index (χ3n) is 5.58. The van der Waals surface area contributed by atoms with Crippen molar-refractivity contribution in [1.29, 1.82) is 21.0 Å². The SMILES string of the molecule is CCC(=CC(C#N)CC)CC(CC)CC#N.CCC(=CCC#N)CC(C)C(C)C#N. The van der Waals surface area contributed by atoms with Crippen LogP contribution in [0.1, 0.15) is 92.9 Å². The van der Waals surface area contributed by atoms with Gasteiger partial charge in [-0.05, 0) is 50.9 Å². The van der Waals surface area contributed by atoms with E-state index < -0.39 is 0 Å². The Bertz CT molecular complexity index is 676. The summed E-state index contributed by atoms with van der Waals surface area (Å²) in [5, 5.41) is 34.8. The van der Waals surface area contributed by atoms with E-state index in [0.717, 1.165) is 38.5 Å². The van der Waals surface area contributed by atoms with Gasteiger partial charge in [0.2, 0.25) is 0 Å². The largest absolute Gasteiger partial charge is 0.198 e. The van der Waals surface area contributed by atoms with Crippen molar-refractivity contribution in [3.63, 3.8) is 0 Å². The predicted molar refractivity (Wildman–Crippen MR) is 124 cm³/mol. The van der Waals surface area contributed by atoms with Gasteiger partial charge in [-0.2, -0.15) is 21.0 Å². The fraction of sp³-hybridized carbons (Fsp3) is 0.692. The summed E-state index contributed by atoms with van der Waals surface area (Å²) in [6.07, 6.45) is 11.0. The van der Waals surface area contributed by atoms with E-state index in [0.29, 0.717) is 24.7 Å². The topological polar surface area (TPSA) is 95.2 Å². The Labute approximate surface area is 185 Å². The molecule has 4 unspecified atom stereocenters. The van der Waals surface area contributed by atoms with Gasteiger partial charge >= 0.3 is 0 Å². The molecular weight excluding hydrogens is 368 g/mol. The number of nitrogens with zero attached hydrogens (tertiary/aromatic N) is 4. The Balaban J connectivity index is 0. The first-order chi connectivity index (χ1) is 14.4. The second kappa shape index (κ2) is 19.7. The Morgan fingerprint density at radius 3 is 1.83 bits per heavy atom. The zero-order chi connectivity index (χ0) is 23.4. The third kappa shape index (κ3) is 14.4. The zero-order valence-corrected chi connectivity index (χ0v) is 19.9. The molecule has 30 heavy (non-hydrogen) atoms. The van der Waals surface area contributed by atoms with Crippen molar-refractivity contribution in [3.8, 4) is 24.3 Å². The van der Waals surface area contributed by atoms with Crippen LogP contribution in [-0.2, 0) is 0 Å². The molecule has 0 heterocycles. The van der Waals surface area contributed by atoms with Gasteiger partial charge in [0.25, 0.3) is 0 Å². The van der Waals surface area contributed by atoms with E-state index in [9.17, 15) is 0 Å². The Morgan fingerprint density at radius 2 is 1.43 bits per heavy atom. The molecule has 0 aliphatic rings. The van der Waals surface area contributed by atoms with Crippen LogP contribution in [0.5, 0.6) is 0 Å². The van der Waals surface area contributed by atoms with Crippen LogP contribution in [0.3, 0.4) is 0 Å². The van der Waals surface area contributed by atoms with E-state index in [2.05, 4.69) is 58.0 Å². The van der Waals surface area contributed by atoms with Crippen LogP contribution in [0.15, 0.2) is 23.3 Å².